The monoisotopic (exact) mass is 299 g/mol. The van der Waals surface area contributed by atoms with E-state index < -0.39 is 0 Å². The molecular weight excluding hydrogens is 274 g/mol. The molecule has 0 bridgehead atoms. The van der Waals surface area contributed by atoms with Gasteiger partial charge in [-0.3, -0.25) is 0 Å². The molecule has 0 unspecified atom stereocenters. The molecule has 2 N–H and O–H groups in total. The maximum Gasteiger partial charge on any atom is 0.336 e. The predicted octanol–water partition coefficient (Wildman–Crippen LogP) is 3.82. The molecule has 22 heavy (non-hydrogen) atoms. The van der Waals surface area contributed by atoms with Crippen molar-refractivity contribution in [3.05, 3.63) is 41.0 Å². The van der Waals surface area contributed by atoms with Gasteiger partial charge in [0.05, 0.1) is 17.9 Å². The van der Waals surface area contributed by atoms with Crippen LogP contribution in [-0.4, -0.2) is 12.6 Å². The summed E-state index contributed by atoms with van der Waals surface area (Å²) in [5.74, 6) is -0.212. The lowest BCUT2D eigenvalue weighted by Crippen LogP contribution is -2.36. The standard InChI is InChI=1S/C19H25NO2/c1-2-22-18(21)16-17(20)15-10-6-5-9-14(15)13-19(16)11-7-3-4-8-12-19/h5-6,9-10H,2-4,7-8,11-13,20H2,1H3. The normalized spacial score (nSPS) is 20.4. The van der Waals surface area contributed by atoms with E-state index >= 15 is 0 Å². The van der Waals surface area contributed by atoms with Crippen LogP contribution >= 0.6 is 0 Å². The minimum Gasteiger partial charge on any atom is -0.463 e. The average molecular weight is 299 g/mol. The summed E-state index contributed by atoms with van der Waals surface area (Å²) in [6, 6.07) is 8.22. The van der Waals surface area contributed by atoms with Gasteiger partial charge in [-0.2, -0.15) is 0 Å². The minimum absolute atomic E-state index is 0.124. The molecule has 118 valence electrons. The Morgan fingerprint density at radius 3 is 2.55 bits per heavy atom. The van der Waals surface area contributed by atoms with Crippen LogP contribution in [0.5, 0.6) is 0 Å². The van der Waals surface area contributed by atoms with Crippen LogP contribution in [0.1, 0.15) is 56.6 Å². The second-order valence-corrected chi connectivity index (χ2v) is 6.54. The third-order valence-electron chi connectivity index (χ3n) is 5.18. The molecule has 2 aliphatic carbocycles. The average Bonchev–Trinajstić information content (AvgIpc) is 2.74. The lowest BCUT2D eigenvalue weighted by Gasteiger charge is -2.39. The van der Waals surface area contributed by atoms with Gasteiger partial charge in [0, 0.05) is 11.0 Å². The van der Waals surface area contributed by atoms with E-state index in [4.69, 9.17) is 10.5 Å². The van der Waals surface area contributed by atoms with Crippen molar-refractivity contribution in [2.75, 3.05) is 6.61 Å². The van der Waals surface area contributed by atoms with Crippen LogP contribution in [0.4, 0.5) is 0 Å². The summed E-state index contributed by atoms with van der Waals surface area (Å²) in [6.45, 7) is 2.25. The van der Waals surface area contributed by atoms with Gasteiger partial charge in [0.15, 0.2) is 0 Å². The van der Waals surface area contributed by atoms with Crippen LogP contribution in [0, 0.1) is 5.41 Å². The molecule has 0 amide bonds. The molecule has 1 spiro atoms. The van der Waals surface area contributed by atoms with Crippen molar-refractivity contribution < 1.29 is 9.53 Å². The van der Waals surface area contributed by atoms with Gasteiger partial charge in [-0.25, -0.2) is 4.79 Å². The van der Waals surface area contributed by atoms with E-state index in [0.717, 1.165) is 30.4 Å². The largest absolute Gasteiger partial charge is 0.463 e. The fourth-order valence-electron chi connectivity index (χ4n) is 4.17. The van der Waals surface area contributed by atoms with E-state index in [0.29, 0.717) is 12.3 Å². The number of benzene rings is 1. The van der Waals surface area contributed by atoms with Crippen LogP contribution in [0.2, 0.25) is 0 Å². The molecule has 3 rings (SSSR count). The molecule has 1 saturated carbocycles. The van der Waals surface area contributed by atoms with Crippen LogP contribution < -0.4 is 5.73 Å². The van der Waals surface area contributed by atoms with Gasteiger partial charge in [0.2, 0.25) is 0 Å². The Hall–Kier alpha value is -1.77. The first-order chi connectivity index (χ1) is 10.7. The first-order valence-corrected chi connectivity index (χ1v) is 8.43. The highest BCUT2D eigenvalue weighted by molar-refractivity contribution is 5.99. The van der Waals surface area contributed by atoms with Crippen molar-refractivity contribution in [2.24, 2.45) is 11.1 Å². The zero-order valence-corrected chi connectivity index (χ0v) is 13.4. The zero-order valence-electron chi connectivity index (χ0n) is 13.4. The van der Waals surface area contributed by atoms with Gasteiger partial charge in [-0.15, -0.1) is 0 Å². The highest BCUT2D eigenvalue weighted by Crippen LogP contribution is 2.49. The van der Waals surface area contributed by atoms with Gasteiger partial charge < -0.3 is 10.5 Å². The van der Waals surface area contributed by atoms with Gasteiger partial charge >= 0.3 is 5.97 Å². The minimum atomic E-state index is -0.212. The third kappa shape index (κ3) is 2.53. The molecule has 2 aliphatic rings. The number of nitrogens with two attached hydrogens (primary N) is 1. The third-order valence-corrected chi connectivity index (χ3v) is 5.18. The van der Waals surface area contributed by atoms with E-state index in [-0.39, 0.29) is 11.4 Å². The molecule has 0 atom stereocenters. The Morgan fingerprint density at radius 2 is 1.86 bits per heavy atom. The predicted molar refractivity (Wildman–Crippen MR) is 88.0 cm³/mol. The number of carbonyl (C=O) groups excluding carboxylic acids is 1. The first-order valence-electron chi connectivity index (χ1n) is 8.43. The summed E-state index contributed by atoms with van der Waals surface area (Å²) in [5, 5.41) is 0. The first kappa shape index (κ1) is 15.1. The fourth-order valence-corrected chi connectivity index (χ4v) is 4.17. The Labute approximate surface area is 132 Å². The Bertz CT molecular complexity index is 595. The van der Waals surface area contributed by atoms with E-state index in [1.54, 1.807) is 0 Å². The molecule has 0 aliphatic heterocycles. The number of ether oxygens (including phenoxy) is 1. The van der Waals surface area contributed by atoms with Gasteiger partial charge in [0.25, 0.3) is 0 Å². The second kappa shape index (κ2) is 6.15. The van der Waals surface area contributed by atoms with E-state index in [2.05, 4.69) is 12.1 Å². The van der Waals surface area contributed by atoms with Crippen molar-refractivity contribution >= 4 is 11.7 Å². The molecule has 1 aromatic carbocycles. The highest BCUT2D eigenvalue weighted by Gasteiger charge is 2.44. The number of fused-ring (bicyclic) bond motifs is 1. The Balaban J connectivity index is 2.13. The van der Waals surface area contributed by atoms with Crippen molar-refractivity contribution in [1.82, 2.24) is 0 Å². The van der Waals surface area contributed by atoms with Crippen molar-refractivity contribution in [1.29, 1.82) is 0 Å². The number of hydrogen-bond donors (Lipinski definition) is 1. The summed E-state index contributed by atoms with van der Waals surface area (Å²) < 4.78 is 5.36. The smallest absolute Gasteiger partial charge is 0.336 e. The molecule has 0 saturated heterocycles. The fraction of sp³-hybridized carbons (Fsp3) is 0.526. The van der Waals surface area contributed by atoms with Crippen molar-refractivity contribution in [2.45, 2.75) is 51.9 Å². The number of carbonyl (C=O) groups is 1. The van der Waals surface area contributed by atoms with Crippen LogP contribution in [-0.2, 0) is 16.0 Å². The lowest BCUT2D eigenvalue weighted by atomic mass is 9.65. The summed E-state index contributed by atoms with van der Waals surface area (Å²) in [4.78, 5) is 12.6. The molecule has 1 aromatic rings. The van der Waals surface area contributed by atoms with Crippen molar-refractivity contribution in [3.8, 4) is 0 Å². The Kier molecular flexibility index (Phi) is 4.23. The SMILES string of the molecule is CCOC(=O)C1=C(N)c2ccccc2CC12CCCCCC2. The molecule has 3 heteroatoms. The van der Waals surface area contributed by atoms with Gasteiger partial charge in [-0.1, -0.05) is 49.9 Å². The van der Waals surface area contributed by atoms with Gasteiger partial charge in [0.1, 0.15) is 0 Å². The van der Waals surface area contributed by atoms with Crippen molar-refractivity contribution in [3.63, 3.8) is 0 Å². The van der Waals surface area contributed by atoms with E-state index in [1.165, 1.54) is 31.2 Å². The quantitative estimate of drug-likeness (QED) is 0.845. The molecule has 1 fully saturated rings. The maximum absolute atomic E-state index is 12.6. The van der Waals surface area contributed by atoms with Gasteiger partial charge in [-0.05, 0) is 31.7 Å². The number of hydrogen-bond acceptors (Lipinski definition) is 3. The lowest BCUT2D eigenvalue weighted by molar-refractivity contribution is -0.140. The maximum atomic E-state index is 12.6. The summed E-state index contributed by atoms with van der Waals surface area (Å²) in [6.07, 6.45) is 7.82. The summed E-state index contributed by atoms with van der Waals surface area (Å²) in [5.41, 5.74) is 10.0. The molecule has 0 radical (unpaired) electrons. The number of esters is 1. The number of rotatable bonds is 2. The zero-order chi connectivity index (χ0) is 15.6. The molecule has 0 heterocycles. The topological polar surface area (TPSA) is 52.3 Å². The summed E-state index contributed by atoms with van der Waals surface area (Å²) >= 11 is 0. The van der Waals surface area contributed by atoms with Crippen LogP contribution in [0.3, 0.4) is 0 Å². The Morgan fingerprint density at radius 1 is 1.18 bits per heavy atom. The summed E-state index contributed by atoms with van der Waals surface area (Å²) in [7, 11) is 0. The second-order valence-electron chi connectivity index (χ2n) is 6.54. The molecular formula is C19H25NO2. The van der Waals surface area contributed by atoms with E-state index in [9.17, 15) is 4.79 Å². The molecule has 0 aromatic heterocycles. The van der Waals surface area contributed by atoms with Crippen LogP contribution in [0.15, 0.2) is 29.8 Å². The van der Waals surface area contributed by atoms with E-state index in [1.807, 2.05) is 19.1 Å². The molecule has 3 nitrogen and oxygen atoms in total. The highest BCUT2D eigenvalue weighted by atomic mass is 16.5. The van der Waals surface area contributed by atoms with Crippen LogP contribution in [0.25, 0.3) is 5.70 Å².